The molecule has 1 heterocycles. The highest BCUT2D eigenvalue weighted by Gasteiger charge is 2.16. The molecule has 0 radical (unpaired) electrons. The van der Waals surface area contributed by atoms with Gasteiger partial charge in [0, 0.05) is 32.4 Å². The van der Waals surface area contributed by atoms with Crippen LogP contribution in [0, 0.1) is 0 Å². The molecular formula is C21H22N4O3. The van der Waals surface area contributed by atoms with Crippen molar-refractivity contribution < 1.29 is 14.3 Å². The molecule has 0 aliphatic heterocycles. The summed E-state index contributed by atoms with van der Waals surface area (Å²) in [5, 5.41) is 6.96. The molecule has 7 nitrogen and oxygen atoms in total. The second-order valence-corrected chi connectivity index (χ2v) is 6.28. The third kappa shape index (κ3) is 4.20. The summed E-state index contributed by atoms with van der Waals surface area (Å²) in [6.45, 7) is 0.419. The molecule has 0 atom stereocenters. The van der Waals surface area contributed by atoms with Crippen molar-refractivity contribution in [2.75, 3.05) is 21.2 Å². The highest BCUT2D eigenvalue weighted by molar-refractivity contribution is 5.94. The number of ether oxygens (including phenoxy) is 1. The molecule has 0 bridgehead atoms. The summed E-state index contributed by atoms with van der Waals surface area (Å²) in [7, 11) is 4.93. The number of hydrogen-bond acceptors (Lipinski definition) is 4. The molecule has 2 aromatic carbocycles. The van der Waals surface area contributed by atoms with Crippen LogP contribution in [0.25, 0.3) is 5.69 Å². The standard InChI is InChI=1S/C21H22N4O3/c1-22-20(26)16-6-4-15(5-7-16)14-24(2)21(27)19-12-13-25(23-19)17-8-10-18(28-3)11-9-17/h4-13H,14H2,1-3H3,(H,22,26). The van der Waals surface area contributed by atoms with Crippen LogP contribution in [-0.2, 0) is 6.54 Å². The average molecular weight is 378 g/mol. The minimum atomic E-state index is -0.178. The van der Waals surface area contributed by atoms with Gasteiger partial charge in [-0.3, -0.25) is 9.59 Å². The fourth-order valence-corrected chi connectivity index (χ4v) is 2.76. The second-order valence-electron chi connectivity index (χ2n) is 6.28. The van der Waals surface area contributed by atoms with Gasteiger partial charge < -0.3 is 15.0 Å². The topological polar surface area (TPSA) is 76.5 Å². The van der Waals surface area contributed by atoms with Crippen molar-refractivity contribution in [2.24, 2.45) is 0 Å². The van der Waals surface area contributed by atoms with Crippen LogP contribution in [0.3, 0.4) is 0 Å². The van der Waals surface area contributed by atoms with Gasteiger partial charge in [0.05, 0.1) is 12.8 Å². The molecule has 0 saturated carbocycles. The molecule has 2 amide bonds. The van der Waals surface area contributed by atoms with Crippen molar-refractivity contribution in [1.82, 2.24) is 20.0 Å². The smallest absolute Gasteiger partial charge is 0.274 e. The Labute approximate surface area is 163 Å². The van der Waals surface area contributed by atoms with Crippen LogP contribution in [0.15, 0.2) is 60.8 Å². The summed E-state index contributed by atoms with van der Waals surface area (Å²) in [4.78, 5) is 25.9. The molecule has 7 heteroatoms. The van der Waals surface area contributed by atoms with E-state index in [1.54, 1.807) is 55.2 Å². The van der Waals surface area contributed by atoms with Crippen molar-refractivity contribution in [1.29, 1.82) is 0 Å². The van der Waals surface area contributed by atoms with E-state index in [0.717, 1.165) is 17.0 Å². The van der Waals surface area contributed by atoms with E-state index >= 15 is 0 Å². The van der Waals surface area contributed by atoms with Gasteiger partial charge in [-0.2, -0.15) is 5.10 Å². The van der Waals surface area contributed by atoms with Crippen LogP contribution in [0.4, 0.5) is 0 Å². The molecule has 0 saturated heterocycles. The zero-order valence-corrected chi connectivity index (χ0v) is 16.0. The van der Waals surface area contributed by atoms with Gasteiger partial charge >= 0.3 is 0 Å². The maximum absolute atomic E-state index is 12.7. The molecule has 28 heavy (non-hydrogen) atoms. The Balaban J connectivity index is 1.68. The van der Waals surface area contributed by atoms with Crippen molar-refractivity contribution in [3.05, 3.63) is 77.6 Å². The fraction of sp³-hybridized carbons (Fsp3) is 0.190. The van der Waals surface area contributed by atoms with Gasteiger partial charge in [-0.25, -0.2) is 4.68 Å². The zero-order valence-electron chi connectivity index (χ0n) is 16.0. The number of nitrogens with zero attached hydrogens (tertiary/aromatic N) is 3. The summed E-state index contributed by atoms with van der Waals surface area (Å²) in [6.07, 6.45) is 1.75. The van der Waals surface area contributed by atoms with Gasteiger partial charge in [-0.05, 0) is 48.0 Å². The van der Waals surface area contributed by atoms with Crippen LogP contribution in [0.2, 0.25) is 0 Å². The predicted octanol–water partition coefficient (Wildman–Crippen LogP) is 2.51. The number of hydrogen-bond donors (Lipinski definition) is 1. The van der Waals surface area contributed by atoms with E-state index in [-0.39, 0.29) is 11.8 Å². The van der Waals surface area contributed by atoms with Gasteiger partial charge in [0.1, 0.15) is 5.75 Å². The van der Waals surface area contributed by atoms with E-state index in [1.807, 2.05) is 36.4 Å². The summed E-state index contributed by atoms with van der Waals surface area (Å²) < 4.78 is 6.80. The summed E-state index contributed by atoms with van der Waals surface area (Å²) in [5.41, 5.74) is 2.71. The number of nitrogens with one attached hydrogen (secondary N) is 1. The maximum Gasteiger partial charge on any atom is 0.274 e. The van der Waals surface area contributed by atoms with Gasteiger partial charge in [0.2, 0.25) is 0 Å². The highest BCUT2D eigenvalue weighted by atomic mass is 16.5. The SMILES string of the molecule is CNC(=O)c1ccc(CN(C)C(=O)c2ccn(-c3ccc(OC)cc3)n2)cc1. The van der Waals surface area contributed by atoms with Gasteiger partial charge in [0.25, 0.3) is 11.8 Å². The Morgan fingerprint density at radius 2 is 1.75 bits per heavy atom. The first-order chi connectivity index (χ1) is 13.5. The Morgan fingerprint density at radius 1 is 1.07 bits per heavy atom. The minimum Gasteiger partial charge on any atom is -0.497 e. The molecule has 0 aliphatic rings. The Hall–Kier alpha value is -3.61. The molecule has 0 aliphatic carbocycles. The number of rotatable bonds is 6. The van der Waals surface area contributed by atoms with Gasteiger partial charge in [-0.15, -0.1) is 0 Å². The highest BCUT2D eigenvalue weighted by Crippen LogP contribution is 2.15. The van der Waals surface area contributed by atoms with E-state index in [1.165, 1.54) is 0 Å². The average Bonchev–Trinajstić information content (AvgIpc) is 3.23. The quantitative estimate of drug-likeness (QED) is 0.715. The zero-order chi connectivity index (χ0) is 20.1. The second kappa shape index (κ2) is 8.39. The van der Waals surface area contributed by atoms with E-state index < -0.39 is 0 Å². The minimum absolute atomic E-state index is 0.139. The lowest BCUT2D eigenvalue weighted by Gasteiger charge is -2.16. The number of amides is 2. The number of aromatic nitrogens is 2. The number of methoxy groups -OCH3 is 1. The molecular weight excluding hydrogens is 356 g/mol. The molecule has 0 spiro atoms. The number of carbonyl (C=O) groups excluding carboxylic acids is 2. The number of carbonyl (C=O) groups is 2. The van der Waals surface area contributed by atoms with Crippen molar-refractivity contribution >= 4 is 11.8 Å². The maximum atomic E-state index is 12.7. The first-order valence-electron chi connectivity index (χ1n) is 8.78. The van der Waals surface area contributed by atoms with Gasteiger partial charge in [-0.1, -0.05) is 12.1 Å². The third-order valence-electron chi connectivity index (χ3n) is 4.35. The molecule has 3 rings (SSSR count). The van der Waals surface area contributed by atoms with Crippen LogP contribution in [0.1, 0.15) is 26.4 Å². The van der Waals surface area contributed by atoms with E-state index in [2.05, 4.69) is 10.4 Å². The van der Waals surface area contributed by atoms with Crippen molar-refractivity contribution in [2.45, 2.75) is 6.54 Å². The van der Waals surface area contributed by atoms with Crippen LogP contribution in [-0.4, -0.2) is 47.7 Å². The molecule has 1 N–H and O–H groups in total. The third-order valence-corrected chi connectivity index (χ3v) is 4.35. The first kappa shape index (κ1) is 19.2. The normalized spacial score (nSPS) is 10.4. The predicted molar refractivity (Wildman–Crippen MR) is 106 cm³/mol. The summed E-state index contributed by atoms with van der Waals surface area (Å²) >= 11 is 0. The van der Waals surface area contributed by atoms with Crippen molar-refractivity contribution in [3.8, 4) is 11.4 Å². The Bertz CT molecular complexity index is 962. The summed E-state index contributed by atoms with van der Waals surface area (Å²) in [5.74, 6) is 0.442. The monoisotopic (exact) mass is 378 g/mol. The fourth-order valence-electron chi connectivity index (χ4n) is 2.76. The van der Waals surface area contributed by atoms with Crippen LogP contribution in [0.5, 0.6) is 5.75 Å². The molecule has 0 fully saturated rings. The number of benzene rings is 2. The van der Waals surface area contributed by atoms with Crippen molar-refractivity contribution in [3.63, 3.8) is 0 Å². The lowest BCUT2D eigenvalue weighted by atomic mass is 10.1. The Kier molecular flexibility index (Phi) is 5.74. The van der Waals surface area contributed by atoms with Crippen LogP contribution >= 0.6 is 0 Å². The lowest BCUT2D eigenvalue weighted by Crippen LogP contribution is -2.26. The molecule has 144 valence electrons. The van der Waals surface area contributed by atoms with E-state index in [9.17, 15) is 9.59 Å². The first-order valence-corrected chi connectivity index (χ1v) is 8.78. The van der Waals surface area contributed by atoms with E-state index in [4.69, 9.17) is 4.74 Å². The van der Waals surface area contributed by atoms with Gasteiger partial charge in [0.15, 0.2) is 5.69 Å². The van der Waals surface area contributed by atoms with E-state index in [0.29, 0.717) is 17.8 Å². The molecule has 1 aromatic heterocycles. The largest absolute Gasteiger partial charge is 0.497 e. The molecule has 0 unspecified atom stereocenters. The molecule has 3 aromatic rings. The van der Waals surface area contributed by atoms with Crippen LogP contribution < -0.4 is 10.1 Å². The lowest BCUT2D eigenvalue weighted by molar-refractivity contribution is 0.0778. The Morgan fingerprint density at radius 3 is 2.36 bits per heavy atom. The summed E-state index contributed by atoms with van der Waals surface area (Å²) in [6, 6.07) is 16.3.